The minimum Gasteiger partial charge on any atom is -0.379 e. The van der Waals surface area contributed by atoms with Crippen LogP contribution in [0.25, 0.3) is 0 Å². The highest BCUT2D eigenvalue weighted by atomic mass is 16.5. The van der Waals surface area contributed by atoms with Crippen molar-refractivity contribution >= 4 is 11.6 Å². The fourth-order valence-corrected chi connectivity index (χ4v) is 1.94. The third-order valence-corrected chi connectivity index (χ3v) is 3.25. The molecule has 1 aliphatic carbocycles. The van der Waals surface area contributed by atoms with Gasteiger partial charge in [-0.3, -0.25) is 0 Å². The van der Waals surface area contributed by atoms with Gasteiger partial charge in [0.1, 0.15) is 11.6 Å². The standard InChI is InChI=1S/C16H27N3O/c1-16(2,3)18-14-6-5-7-15(17-14)19(4)10-11-20-12-13-8-9-13/h5-7,13H,8-12H2,1-4H3,(H,17,18). The van der Waals surface area contributed by atoms with Gasteiger partial charge in [-0.1, -0.05) is 6.07 Å². The number of hydrogen-bond donors (Lipinski definition) is 1. The fourth-order valence-electron chi connectivity index (χ4n) is 1.94. The quantitative estimate of drug-likeness (QED) is 0.777. The van der Waals surface area contributed by atoms with Crippen LogP contribution >= 0.6 is 0 Å². The van der Waals surface area contributed by atoms with Crippen LogP contribution in [0.4, 0.5) is 11.6 Å². The molecule has 0 aliphatic heterocycles. The van der Waals surface area contributed by atoms with E-state index in [2.05, 4.69) is 43.0 Å². The van der Waals surface area contributed by atoms with Gasteiger partial charge in [0.15, 0.2) is 0 Å². The Morgan fingerprint density at radius 3 is 2.75 bits per heavy atom. The van der Waals surface area contributed by atoms with Crippen LogP contribution in [0.3, 0.4) is 0 Å². The smallest absolute Gasteiger partial charge is 0.130 e. The average molecular weight is 277 g/mol. The van der Waals surface area contributed by atoms with E-state index in [4.69, 9.17) is 4.74 Å². The van der Waals surface area contributed by atoms with Crippen molar-refractivity contribution in [1.29, 1.82) is 0 Å². The van der Waals surface area contributed by atoms with E-state index in [-0.39, 0.29) is 5.54 Å². The Labute approximate surface area is 122 Å². The SMILES string of the molecule is CN(CCOCC1CC1)c1cccc(NC(C)(C)C)n1. The first kappa shape index (κ1) is 15.1. The Morgan fingerprint density at radius 2 is 2.10 bits per heavy atom. The number of aromatic nitrogens is 1. The van der Waals surface area contributed by atoms with E-state index in [1.165, 1.54) is 12.8 Å². The molecule has 0 bridgehead atoms. The van der Waals surface area contributed by atoms with Crippen molar-refractivity contribution in [3.63, 3.8) is 0 Å². The van der Waals surface area contributed by atoms with Crippen molar-refractivity contribution in [2.45, 2.75) is 39.2 Å². The van der Waals surface area contributed by atoms with Crippen LogP contribution in [0, 0.1) is 5.92 Å². The second-order valence-electron chi connectivity index (χ2n) is 6.70. The van der Waals surface area contributed by atoms with E-state index in [0.717, 1.165) is 37.3 Å². The number of anilines is 2. The lowest BCUT2D eigenvalue weighted by Crippen LogP contribution is -2.28. The van der Waals surface area contributed by atoms with Gasteiger partial charge in [0.2, 0.25) is 0 Å². The van der Waals surface area contributed by atoms with Gasteiger partial charge in [-0.05, 0) is 51.7 Å². The molecule has 0 radical (unpaired) electrons. The second kappa shape index (κ2) is 6.44. The van der Waals surface area contributed by atoms with E-state index in [9.17, 15) is 0 Å². The lowest BCUT2D eigenvalue weighted by atomic mass is 10.1. The van der Waals surface area contributed by atoms with E-state index in [1.54, 1.807) is 0 Å². The number of nitrogens with zero attached hydrogens (tertiary/aromatic N) is 2. The zero-order valence-electron chi connectivity index (χ0n) is 13.1. The molecule has 0 unspecified atom stereocenters. The number of ether oxygens (including phenoxy) is 1. The fraction of sp³-hybridized carbons (Fsp3) is 0.688. The molecule has 0 saturated heterocycles. The van der Waals surface area contributed by atoms with Gasteiger partial charge in [0, 0.05) is 25.7 Å². The number of pyridine rings is 1. The van der Waals surface area contributed by atoms with E-state index >= 15 is 0 Å². The number of likely N-dealkylation sites (N-methyl/N-ethyl adjacent to an activating group) is 1. The molecular weight excluding hydrogens is 250 g/mol. The summed E-state index contributed by atoms with van der Waals surface area (Å²) in [7, 11) is 2.06. The Morgan fingerprint density at radius 1 is 1.35 bits per heavy atom. The first-order valence-corrected chi connectivity index (χ1v) is 7.48. The van der Waals surface area contributed by atoms with Crippen LogP contribution < -0.4 is 10.2 Å². The summed E-state index contributed by atoms with van der Waals surface area (Å²) in [5.41, 5.74) is 0.0254. The van der Waals surface area contributed by atoms with Crippen molar-refractivity contribution < 1.29 is 4.74 Å². The van der Waals surface area contributed by atoms with E-state index in [1.807, 2.05) is 18.2 Å². The maximum absolute atomic E-state index is 5.68. The van der Waals surface area contributed by atoms with Crippen molar-refractivity contribution in [2.75, 3.05) is 37.0 Å². The van der Waals surface area contributed by atoms with Gasteiger partial charge in [0.25, 0.3) is 0 Å². The van der Waals surface area contributed by atoms with Gasteiger partial charge < -0.3 is 15.0 Å². The Hall–Kier alpha value is -1.29. The topological polar surface area (TPSA) is 37.4 Å². The molecule has 20 heavy (non-hydrogen) atoms. The highest BCUT2D eigenvalue weighted by molar-refractivity contribution is 5.47. The predicted molar refractivity (Wildman–Crippen MR) is 84.4 cm³/mol. The molecule has 0 atom stereocenters. The van der Waals surface area contributed by atoms with Crippen molar-refractivity contribution in [2.24, 2.45) is 5.92 Å². The van der Waals surface area contributed by atoms with Gasteiger partial charge in [0.05, 0.1) is 6.61 Å². The third-order valence-electron chi connectivity index (χ3n) is 3.25. The molecule has 4 heteroatoms. The molecule has 1 fully saturated rings. The van der Waals surface area contributed by atoms with Crippen LogP contribution in [-0.4, -0.2) is 37.3 Å². The highest BCUT2D eigenvalue weighted by Crippen LogP contribution is 2.28. The van der Waals surface area contributed by atoms with Crippen molar-refractivity contribution in [1.82, 2.24) is 4.98 Å². The number of nitrogens with one attached hydrogen (secondary N) is 1. The summed E-state index contributed by atoms with van der Waals surface area (Å²) in [5, 5.41) is 3.40. The minimum absolute atomic E-state index is 0.0254. The maximum atomic E-state index is 5.68. The van der Waals surface area contributed by atoms with E-state index in [0.29, 0.717) is 0 Å². The van der Waals surface area contributed by atoms with Gasteiger partial charge in [-0.25, -0.2) is 4.98 Å². The molecule has 1 aliphatic rings. The molecule has 0 spiro atoms. The summed E-state index contributed by atoms with van der Waals surface area (Å²) in [6.07, 6.45) is 2.69. The van der Waals surface area contributed by atoms with Gasteiger partial charge in [-0.15, -0.1) is 0 Å². The lowest BCUT2D eigenvalue weighted by Gasteiger charge is -2.23. The third kappa shape index (κ3) is 5.37. The minimum atomic E-state index is 0.0254. The molecule has 0 amide bonds. The second-order valence-corrected chi connectivity index (χ2v) is 6.70. The van der Waals surface area contributed by atoms with Crippen LogP contribution in [0.1, 0.15) is 33.6 Å². The summed E-state index contributed by atoms with van der Waals surface area (Å²) in [5.74, 6) is 2.73. The maximum Gasteiger partial charge on any atom is 0.130 e. The van der Waals surface area contributed by atoms with Crippen LogP contribution in [-0.2, 0) is 4.74 Å². The van der Waals surface area contributed by atoms with Crippen LogP contribution in [0.5, 0.6) is 0 Å². The molecule has 112 valence electrons. The monoisotopic (exact) mass is 277 g/mol. The Kier molecular flexibility index (Phi) is 4.86. The summed E-state index contributed by atoms with van der Waals surface area (Å²) in [6.45, 7) is 8.97. The van der Waals surface area contributed by atoms with Gasteiger partial charge >= 0.3 is 0 Å². The molecule has 1 saturated carbocycles. The molecule has 4 nitrogen and oxygen atoms in total. The zero-order chi connectivity index (χ0) is 14.6. The zero-order valence-corrected chi connectivity index (χ0v) is 13.1. The first-order chi connectivity index (χ1) is 9.44. The number of rotatable bonds is 7. The summed E-state index contributed by atoms with van der Waals surface area (Å²) < 4.78 is 5.68. The summed E-state index contributed by atoms with van der Waals surface area (Å²) in [6, 6.07) is 6.08. The van der Waals surface area contributed by atoms with E-state index < -0.39 is 0 Å². The molecule has 1 aromatic heterocycles. The van der Waals surface area contributed by atoms with Crippen molar-refractivity contribution in [3.8, 4) is 0 Å². The Bertz CT molecular complexity index is 424. The molecule has 0 aromatic carbocycles. The first-order valence-electron chi connectivity index (χ1n) is 7.48. The summed E-state index contributed by atoms with van der Waals surface area (Å²) in [4.78, 5) is 6.78. The van der Waals surface area contributed by atoms with Crippen LogP contribution in [0.15, 0.2) is 18.2 Å². The molecule has 1 heterocycles. The molecule has 1 N–H and O–H groups in total. The number of hydrogen-bond acceptors (Lipinski definition) is 4. The largest absolute Gasteiger partial charge is 0.379 e. The van der Waals surface area contributed by atoms with Crippen molar-refractivity contribution in [3.05, 3.63) is 18.2 Å². The highest BCUT2D eigenvalue weighted by Gasteiger charge is 2.21. The normalized spacial score (nSPS) is 15.2. The predicted octanol–water partition coefficient (Wildman–Crippen LogP) is 3.15. The van der Waals surface area contributed by atoms with Crippen LogP contribution in [0.2, 0.25) is 0 Å². The molecule has 2 rings (SSSR count). The molecule has 1 aromatic rings. The van der Waals surface area contributed by atoms with Gasteiger partial charge in [-0.2, -0.15) is 0 Å². The average Bonchev–Trinajstić information content (AvgIpc) is 3.16. The lowest BCUT2D eigenvalue weighted by molar-refractivity contribution is 0.131. The Balaban J connectivity index is 1.81. The summed E-state index contributed by atoms with van der Waals surface area (Å²) >= 11 is 0. The molecular formula is C16H27N3O.